The van der Waals surface area contributed by atoms with E-state index in [1.165, 1.54) is 12.1 Å². The van der Waals surface area contributed by atoms with Crippen molar-refractivity contribution < 1.29 is 19.1 Å². The molecule has 1 unspecified atom stereocenters. The third-order valence-corrected chi connectivity index (χ3v) is 5.71. The Morgan fingerprint density at radius 1 is 0.970 bits per heavy atom. The van der Waals surface area contributed by atoms with E-state index in [0.717, 1.165) is 23.4 Å². The van der Waals surface area contributed by atoms with Crippen LogP contribution in [0.25, 0.3) is 0 Å². The molecule has 7 heteroatoms. The molecule has 3 aromatic rings. The Kier molecular flexibility index (Phi) is 6.31. The van der Waals surface area contributed by atoms with Crippen molar-refractivity contribution in [2.24, 2.45) is 0 Å². The fourth-order valence-corrected chi connectivity index (χ4v) is 4.24. The number of carboxylic acids is 1. The van der Waals surface area contributed by atoms with Crippen molar-refractivity contribution in [2.75, 3.05) is 15.5 Å². The van der Waals surface area contributed by atoms with Gasteiger partial charge in [-0.05, 0) is 54.4 Å². The molecular formula is C26H26FN3O3. The largest absolute Gasteiger partial charge is 0.481 e. The normalized spacial score (nSPS) is 16.4. The summed E-state index contributed by atoms with van der Waals surface area (Å²) in [6.45, 7) is 2.26. The summed E-state index contributed by atoms with van der Waals surface area (Å²) >= 11 is 0. The molecule has 6 nitrogen and oxygen atoms in total. The van der Waals surface area contributed by atoms with Gasteiger partial charge in [0.25, 0.3) is 5.91 Å². The van der Waals surface area contributed by atoms with Gasteiger partial charge in [0, 0.05) is 11.3 Å². The molecule has 3 aromatic carbocycles. The predicted molar refractivity (Wildman–Crippen MR) is 127 cm³/mol. The second kappa shape index (κ2) is 9.32. The molecule has 170 valence electrons. The molecule has 0 spiro atoms. The van der Waals surface area contributed by atoms with Crippen LogP contribution >= 0.6 is 0 Å². The van der Waals surface area contributed by atoms with E-state index in [4.69, 9.17) is 0 Å². The molecule has 33 heavy (non-hydrogen) atoms. The van der Waals surface area contributed by atoms with Crippen LogP contribution < -0.4 is 15.5 Å². The van der Waals surface area contributed by atoms with E-state index < -0.39 is 11.6 Å². The number of fused-ring (bicyclic) bond motifs is 1. The second-order valence-corrected chi connectivity index (χ2v) is 8.27. The van der Waals surface area contributed by atoms with Crippen molar-refractivity contribution in [3.63, 3.8) is 0 Å². The second-order valence-electron chi connectivity index (χ2n) is 8.27. The van der Waals surface area contributed by atoms with Crippen LogP contribution in [0.3, 0.4) is 0 Å². The highest BCUT2D eigenvalue weighted by Gasteiger charge is 2.38. The fourth-order valence-electron chi connectivity index (χ4n) is 4.24. The summed E-state index contributed by atoms with van der Waals surface area (Å²) < 4.78 is 13.4. The number of hydrogen-bond acceptors (Lipinski definition) is 4. The number of nitrogens with one attached hydrogen (secondary N) is 2. The predicted octanol–water partition coefficient (Wildman–Crippen LogP) is 5.48. The van der Waals surface area contributed by atoms with Crippen molar-refractivity contribution in [1.82, 2.24) is 0 Å². The Morgan fingerprint density at radius 2 is 1.67 bits per heavy atom. The molecule has 0 saturated heterocycles. The number of carbonyl (C=O) groups excluding carboxylic acids is 1. The number of nitrogens with zero attached hydrogens (tertiary/aromatic N) is 1. The van der Waals surface area contributed by atoms with Crippen LogP contribution in [0.5, 0.6) is 0 Å². The molecule has 1 heterocycles. The van der Waals surface area contributed by atoms with E-state index in [9.17, 15) is 19.1 Å². The SMILES string of the molecule is CCCC1(CC(=O)O)Nc2ccc(N(Cc3ccc(F)cc3)C(=O)c3ccccc3)cc2N1. The zero-order valence-corrected chi connectivity index (χ0v) is 18.3. The first-order chi connectivity index (χ1) is 15.9. The molecule has 0 fully saturated rings. The van der Waals surface area contributed by atoms with E-state index >= 15 is 0 Å². The van der Waals surface area contributed by atoms with Gasteiger partial charge in [0.15, 0.2) is 0 Å². The maximum absolute atomic E-state index is 13.4. The third kappa shape index (κ3) is 4.98. The van der Waals surface area contributed by atoms with Gasteiger partial charge in [0.2, 0.25) is 0 Å². The highest BCUT2D eigenvalue weighted by atomic mass is 19.1. The van der Waals surface area contributed by atoms with E-state index in [0.29, 0.717) is 17.7 Å². The molecule has 1 atom stereocenters. The van der Waals surface area contributed by atoms with Crippen LogP contribution in [0.1, 0.15) is 42.1 Å². The summed E-state index contributed by atoms with van der Waals surface area (Å²) in [4.78, 5) is 26.5. The summed E-state index contributed by atoms with van der Waals surface area (Å²) in [7, 11) is 0. The maximum Gasteiger partial charge on any atom is 0.307 e. The monoisotopic (exact) mass is 447 g/mol. The number of aliphatic carboxylic acids is 1. The summed E-state index contributed by atoms with van der Waals surface area (Å²) in [5.74, 6) is -1.41. The Balaban J connectivity index is 1.68. The summed E-state index contributed by atoms with van der Waals surface area (Å²) in [6.07, 6.45) is 1.36. The molecule has 1 aliphatic heterocycles. The van der Waals surface area contributed by atoms with Crippen LogP contribution in [-0.4, -0.2) is 22.6 Å². The van der Waals surface area contributed by atoms with Crippen molar-refractivity contribution in [3.05, 3.63) is 89.7 Å². The number of carbonyl (C=O) groups is 2. The Labute approximate surface area is 192 Å². The third-order valence-electron chi connectivity index (χ3n) is 5.71. The quantitative estimate of drug-likeness (QED) is 0.426. The van der Waals surface area contributed by atoms with Crippen LogP contribution in [0.2, 0.25) is 0 Å². The van der Waals surface area contributed by atoms with Gasteiger partial charge in [-0.1, -0.05) is 43.7 Å². The average Bonchev–Trinajstić information content (AvgIpc) is 3.15. The lowest BCUT2D eigenvalue weighted by Gasteiger charge is -2.29. The van der Waals surface area contributed by atoms with Crippen LogP contribution in [0.15, 0.2) is 72.8 Å². The summed E-state index contributed by atoms with van der Waals surface area (Å²) in [6, 6.07) is 20.6. The van der Waals surface area contributed by atoms with Crippen molar-refractivity contribution in [1.29, 1.82) is 0 Å². The van der Waals surface area contributed by atoms with Gasteiger partial charge < -0.3 is 20.6 Å². The summed E-state index contributed by atoms with van der Waals surface area (Å²) in [5, 5.41) is 16.1. The zero-order valence-electron chi connectivity index (χ0n) is 18.3. The molecule has 4 rings (SSSR count). The Morgan fingerprint density at radius 3 is 2.33 bits per heavy atom. The Hall–Kier alpha value is -3.87. The molecular weight excluding hydrogens is 421 g/mol. The van der Waals surface area contributed by atoms with Crippen LogP contribution in [-0.2, 0) is 11.3 Å². The number of anilines is 3. The minimum atomic E-state index is -0.895. The molecule has 0 radical (unpaired) electrons. The summed E-state index contributed by atoms with van der Waals surface area (Å²) in [5.41, 5.74) is 2.75. The highest BCUT2D eigenvalue weighted by molar-refractivity contribution is 6.06. The number of amides is 1. The molecule has 1 aliphatic rings. The maximum atomic E-state index is 13.4. The number of rotatable bonds is 8. The Bertz CT molecular complexity index is 1150. The van der Waals surface area contributed by atoms with Crippen LogP contribution in [0.4, 0.5) is 21.5 Å². The minimum Gasteiger partial charge on any atom is -0.481 e. The van der Waals surface area contributed by atoms with Gasteiger partial charge in [-0.15, -0.1) is 0 Å². The molecule has 3 N–H and O–H groups in total. The van der Waals surface area contributed by atoms with Gasteiger partial charge in [-0.25, -0.2) is 4.39 Å². The number of hydrogen-bond donors (Lipinski definition) is 3. The lowest BCUT2D eigenvalue weighted by Crippen LogP contribution is -2.43. The minimum absolute atomic E-state index is 0.0763. The van der Waals surface area contributed by atoms with Gasteiger partial charge in [-0.3, -0.25) is 9.59 Å². The lowest BCUT2D eigenvalue weighted by molar-refractivity contribution is -0.138. The van der Waals surface area contributed by atoms with E-state index in [-0.39, 0.29) is 24.7 Å². The van der Waals surface area contributed by atoms with Gasteiger partial charge in [0.1, 0.15) is 11.5 Å². The van der Waals surface area contributed by atoms with Crippen LogP contribution in [0, 0.1) is 5.82 Å². The first-order valence-corrected chi connectivity index (χ1v) is 10.9. The topological polar surface area (TPSA) is 81.7 Å². The van der Waals surface area contributed by atoms with Crippen molar-refractivity contribution in [3.8, 4) is 0 Å². The fraction of sp³-hybridized carbons (Fsp3) is 0.231. The number of halogens is 1. The first kappa shape index (κ1) is 22.3. The van der Waals surface area contributed by atoms with E-state index in [1.54, 1.807) is 29.2 Å². The van der Waals surface area contributed by atoms with E-state index in [1.807, 2.05) is 43.3 Å². The number of carboxylic acid groups (broad SMARTS) is 1. The first-order valence-electron chi connectivity index (χ1n) is 10.9. The number of benzene rings is 3. The molecule has 0 aliphatic carbocycles. The zero-order chi connectivity index (χ0) is 23.4. The van der Waals surface area contributed by atoms with Gasteiger partial charge in [0.05, 0.1) is 24.3 Å². The highest BCUT2D eigenvalue weighted by Crippen LogP contribution is 2.40. The van der Waals surface area contributed by atoms with Crippen molar-refractivity contribution >= 4 is 28.9 Å². The van der Waals surface area contributed by atoms with Gasteiger partial charge in [-0.2, -0.15) is 0 Å². The average molecular weight is 448 g/mol. The smallest absolute Gasteiger partial charge is 0.307 e. The molecule has 0 bridgehead atoms. The lowest BCUT2D eigenvalue weighted by atomic mass is 10.0. The molecule has 0 saturated carbocycles. The van der Waals surface area contributed by atoms with E-state index in [2.05, 4.69) is 10.6 Å². The molecule has 0 aromatic heterocycles. The van der Waals surface area contributed by atoms with Gasteiger partial charge >= 0.3 is 5.97 Å². The van der Waals surface area contributed by atoms with Crippen molar-refractivity contribution in [2.45, 2.75) is 38.4 Å². The molecule has 1 amide bonds. The standard InChI is InChI=1S/C26H26FN3O3/c1-2-14-26(16-24(31)32)28-22-13-12-21(15-23(22)29-26)30(17-18-8-10-20(27)11-9-18)25(33)19-6-4-3-5-7-19/h3-13,15,28-29H,2,14,16-17H2,1H3,(H,31,32).